The van der Waals surface area contributed by atoms with Gasteiger partial charge >= 0.3 is 5.69 Å². The minimum atomic E-state index is -0.776. The molecule has 6 heteroatoms. The van der Waals surface area contributed by atoms with Crippen molar-refractivity contribution in [2.24, 2.45) is 0 Å². The highest BCUT2D eigenvalue weighted by molar-refractivity contribution is 5.34. The molecule has 0 bridgehead atoms. The molecule has 0 aromatic heterocycles. The summed E-state index contributed by atoms with van der Waals surface area (Å²) in [7, 11) is 2.14. The Balaban J connectivity index is 1.73. The normalized spacial score (nSPS) is 15.8. The van der Waals surface area contributed by atoms with Crippen molar-refractivity contribution < 1.29 is 9.31 Å². The second-order valence-electron chi connectivity index (χ2n) is 5.64. The van der Waals surface area contributed by atoms with E-state index in [0.29, 0.717) is 12.6 Å². The average molecular weight is 295 g/mol. The SMILES string of the molecule is CN(CCNCc1ccc([N+](=O)[O-])c(F)c1)C1CCCC1. The number of halogens is 1. The molecule has 1 aromatic rings. The third-order valence-electron chi connectivity index (χ3n) is 4.13. The van der Waals surface area contributed by atoms with Gasteiger partial charge in [-0.15, -0.1) is 0 Å². The van der Waals surface area contributed by atoms with Crippen molar-refractivity contribution in [2.45, 2.75) is 38.3 Å². The molecule has 116 valence electrons. The lowest BCUT2D eigenvalue weighted by atomic mass is 10.2. The van der Waals surface area contributed by atoms with Crippen molar-refractivity contribution in [2.75, 3.05) is 20.1 Å². The number of nitro groups is 1. The van der Waals surface area contributed by atoms with Gasteiger partial charge in [0.1, 0.15) is 0 Å². The van der Waals surface area contributed by atoms with Gasteiger partial charge in [0, 0.05) is 31.7 Å². The maximum absolute atomic E-state index is 13.5. The summed E-state index contributed by atoms with van der Waals surface area (Å²) >= 11 is 0. The topological polar surface area (TPSA) is 58.4 Å². The largest absolute Gasteiger partial charge is 0.311 e. The van der Waals surface area contributed by atoms with Gasteiger partial charge in [0.2, 0.25) is 5.82 Å². The molecule has 0 amide bonds. The van der Waals surface area contributed by atoms with Gasteiger partial charge in [-0.05, 0) is 31.5 Å². The zero-order chi connectivity index (χ0) is 15.2. The van der Waals surface area contributed by atoms with Crippen LogP contribution in [0.25, 0.3) is 0 Å². The van der Waals surface area contributed by atoms with Gasteiger partial charge in [-0.2, -0.15) is 4.39 Å². The molecular weight excluding hydrogens is 273 g/mol. The molecule has 0 aliphatic heterocycles. The van der Waals surface area contributed by atoms with Crippen LogP contribution < -0.4 is 5.32 Å². The Hall–Kier alpha value is -1.53. The van der Waals surface area contributed by atoms with Gasteiger partial charge in [-0.1, -0.05) is 18.9 Å². The summed E-state index contributed by atoms with van der Waals surface area (Å²) in [6.45, 7) is 2.30. The Bertz CT molecular complexity index is 490. The molecule has 2 rings (SSSR count). The second-order valence-corrected chi connectivity index (χ2v) is 5.64. The summed E-state index contributed by atoms with van der Waals surface area (Å²) in [6.07, 6.45) is 5.21. The van der Waals surface area contributed by atoms with E-state index in [4.69, 9.17) is 0 Å². The molecular formula is C15H22FN3O2. The van der Waals surface area contributed by atoms with Crippen LogP contribution in [-0.4, -0.2) is 36.0 Å². The van der Waals surface area contributed by atoms with Crippen LogP contribution in [0.5, 0.6) is 0 Å². The molecule has 1 aliphatic rings. The number of hydrogen-bond acceptors (Lipinski definition) is 4. The predicted molar refractivity (Wildman–Crippen MR) is 79.6 cm³/mol. The Labute approximate surface area is 124 Å². The van der Waals surface area contributed by atoms with Crippen LogP contribution in [0, 0.1) is 15.9 Å². The molecule has 0 saturated heterocycles. The van der Waals surface area contributed by atoms with Crippen LogP contribution in [0.4, 0.5) is 10.1 Å². The third kappa shape index (κ3) is 4.47. The predicted octanol–water partition coefficient (Wildman–Crippen LogP) is 2.70. The van der Waals surface area contributed by atoms with Crippen LogP contribution >= 0.6 is 0 Å². The van der Waals surface area contributed by atoms with E-state index in [9.17, 15) is 14.5 Å². The highest BCUT2D eigenvalue weighted by Gasteiger charge is 2.18. The van der Waals surface area contributed by atoms with E-state index < -0.39 is 16.4 Å². The smallest absolute Gasteiger partial charge is 0.304 e. The first-order chi connectivity index (χ1) is 10.1. The van der Waals surface area contributed by atoms with Gasteiger partial charge in [0.15, 0.2) is 0 Å². The van der Waals surface area contributed by atoms with Crippen molar-refractivity contribution in [1.82, 2.24) is 10.2 Å². The quantitative estimate of drug-likeness (QED) is 0.477. The number of hydrogen-bond donors (Lipinski definition) is 1. The van der Waals surface area contributed by atoms with E-state index in [0.717, 1.165) is 18.7 Å². The highest BCUT2D eigenvalue weighted by Crippen LogP contribution is 2.22. The van der Waals surface area contributed by atoms with Gasteiger partial charge in [0.25, 0.3) is 0 Å². The molecule has 21 heavy (non-hydrogen) atoms. The molecule has 1 aromatic carbocycles. The zero-order valence-electron chi connectivity index (χ0n) is 12.3. The Morgan fingerprint density at radius 2 is 2.14 bits per heavy atom. The minimum Gasteiger partial charge on any atom is -0.311 e. The van der Waals surface area contributed by atoms with Gasteiger partial charge in [-0.3, -0.25) is 10.1 Å². The van der Waals surface area contributed by atoms with Gasteiger partial charge < -0.3 is 10.2 Å². The Kier molecular flexibility index (Phi) is 5.64. The first-order valence-corrected chi connectivity index (χ1v) is 7.41. The van der Waals surface area contributed by atoms with Crippen LogP contribution in [0.1, 0.15) is 31.2 Å². The fraction of sp³-hybridized carbons (Fsp3) is 0.600. The van der Waals surface area contributed by atoms with Crippen molar-refractivity contribution in [3.05, 3.63) is 39.7 Å². The molecule has 0 unspecified atom stereocenters. The Morgan fingerprint density at radius 1 is 1.43 bits per heavy atom. The van der Waals surface area contributed by atoms with Crippen LogP contribution in [0.15, 0.2) is 18.2 Å². The first-order valence-electron chi connectivity index (χ1n) is 7.41. The Morgan fingerprint density at radius 3 is 2.76 bits per heavy atom. The maximum Gasteiger partial charge on any atom is 0.304 e. The number of nitro benzene ring substituents is 1. The molecule has 5 nitrogen and oxygen atoms in total. The van der Waals surface area contributed by atoms with E-state index in [1.807, 2.05) is 0 Å². The van der Waals surface area contributed by atoms with E-state index in [-0.39, 0.29) is 0 Å². The van der Waals surface area contributed by atoms with Gasteiger partial charge in [0.05, 0.1) is 4.92 Å². The molecule has 1 aliphatic carbocycles. The second kappa shape index (κ2) is 7.47. The van der Waals surface area contributed by atoms with Crippen LogP contribution in [0.2, 0.25) is 0 Å². The summed E-state index contributed by atoms with van der Waals surface area (Å²) in [5.74, 6) is -0.776. The van der Waals surface area contributed by atoms with Crippen molar-refractivity contribution >= 4 is 5.69 Å². The number of nitrogens with zero attached hydrogens (tertiary/aromatic N) is 2. The lowest BCUT2D eigenvalue weighted by Crippen LogP contribution is -2.35. The minimum absolute atomic E-state index is 0.472. The summed E-state index contributed by atoms with van der Waals surface area (Å²) < 4.78 is 13.5. The van der Waals surface area contributed by atoms with Crippen molar-refractivity contribution in [3.8, 4) is 0 Å². The lowest BCUT2D eigenvalue weighted by Gasteiger charge is -2.23. The van der Waals surface area contributed by atoms with Gasteiger partial charge in [-0.25, -0.2) is 0 Å². The summed E-state index contributed by atoms with van der Waals surface area (Å²) in [6, 6.07) is 4.74. The number of rotatable bonds is 7. The van der Waals surface area contributed by atoms with E-state index >= 15 is 0 Å². The highest BCUT2D eigenvalue weighted by atomic mass is 19.1. The monoisotopic (exact) mass is 295 g/mol. The zero-order valence-corrected chi connectivity index (χ0v) is 12.3. The molecule has 1 N–H and O–H groups in total. The fourth-order valence-corrected chi connectivity index (χ4v) is 2.82. The van der Waals surface area contributed by atoms with Crippen LogP contribution in [-0.2, 0) is 6.54 Å². The van der Waals surface area contributed by atoms with E-state index in [1.165, 1.54) is 37.8 Å². The molecule has 1 saturated carbocycles. The molecule has 0 spiro atoms. The number of benzene rings is 1. The average Bonchev–Trinajstić information content (AvgIpc) is 2.97. The van der Waals surface area contributed by atoms with Crippen molar-refractivity contribution in [1.29, 1.82) is 0 Å². The number of nitrogens with one attached hydrogen (secondary N) is 1. The molecule has 0 radical (unpaired) electrons. The molecule has 1 fully saturated rings. The van der Waals surface area contributed by atoms with E-state index in [2.05, 4.69) is 17.3 Å². The lowest BCUT2D eigenvalue weighted by molar-refractivity contribution is -0.387. The standard InChI is InChI=1S/C15H22FN3O2/c1-18(13-4-2-3-5-13)9-8-17-11-12-6-7-15(19(20)21)14(16)10-12/h6-7,10,13,17H,2-5,8-9,11H2,1H3. The maximum atomic E-state index is 13.5. The van der Waals surface area contributed by atoms with Crippen molar-refractivity contribution in [3.63, 3.8) is 0 Å². The third-order valence-corrected chi connectivity index (χ3v) is 4.13. The fourth-order valence-electron chi connectivity index (χ4n) is 2.82. The van der Waals surface area contributed by atoms with Crippen LogP contribution in [0.3, 0.4) is 0 Å². The summed E-state index contributed by atoms with van der Waals surface area (Å²) in [5, 5.41) is 13.8. The first kappa shape index (κ1) is 15.9. The molecule has 0 heterocycles. The number of likely N-dealkylation sites (N-methyl/N-ethyl adjacent to an activating group) is 1. The molecule has 0 atom stereocenters. The van der Waals surface area contributed by atoms with E-state index in [1.54, 1.807) is 6.07 Å². The summed E-state index contributed by atoms with van der Waals surface area (Å²) in [5.41, 5.74) is 0.251. The summed E-state index contributed by atoms with van der Waals surface area (Å²) in [4.78, 5) is 12.2.